The van der Waals surface area contributed by atoms with Crippen LogP contribution in [-0.2, 0) is 0 Å². The molecule has 0 fully saturated rings. The molecule has 4 rings (SSSR count). The van der Waals surface area contributed by atoms with Gasteiger partial charge in [-0.05, 0) is 35.4 Å². The summed E-state index contributed by atoms with van der Waals surface area (Å²) in [6, 6.07) is 13.4. The number of nitrogens with zero attached hydrogens (tertiary/aromatic N) is 2. The van der Waals surface area contributed by atoms with Crippen LogP contribution in [0.2, 0.25) is 5.15 Å². The van der Waals surface area contributed by atoms with E-state index in [2.05, 4.69) is 21.6 Å². The minimum absolute atomic E-state index is 0.104. The average Bonchev–Trinajstić information content (AvgIpc) is 3.13. The van der Waals surface area contributed by atoms with E-state index < -0.39 is 5.06 Å². The van der Waals surface area contributed by atoms with E-state index in [1.807, 2.05) is 48.6 Å². The van der Waals surface area contributed by atoms with Gasteiger partial charge in [-0.15, -0.1) is 0 Å². The van der Waals surface area contributed by atoms with E-state index in [0.717, 1.165) is 29.0 Å². The molecule has 1 aliphatic heterocycles. The predicted octanol–water partition coefficient (Wildman–Crippen LogP) is 5.03. The summed E-state index contributed by atoms with van der Waals surface area (Å²) in [5.74, 6) is 0.749. The summed E-state index contributed by atoms with van der Waals surface area (Å²) in [5, 5.41) is 4.10. The van der Waals surface area contributed by atoms with Gasteiger partial charge in [-0.1, -0.05) is 59.6 Å². The standard InChI is InChI=1S/C20H17Cl2N3O/c21-19-7-6-15(13-23-19)18-12-17(24-25-18)14-8-10-20(22,11-9-14)26-16-4-2-1-3-5-16/h1-10,13,18,25H,11-12H2. The number of hydrazone groups is 1. The number of allylic oxidation sites excluding steroid dienone is 2. The first-order chi connectivity index (χ1) is 12.6. The number of pyridine rings is 1. The molecule has 0 bridgehead atoms. The van der Waals surface area contributed by atoms with Gasteiger partial charge >= 0.3 is 0 Å². The zero-order valence-electron chi connectivity index (χ0n) is 13.9. The van der Waals surface area contributed by atoms with E-state index >= 15 is 0 Å². The van der Waals surface area contributed by atoms with Crippen molar-refractivity contribution in [2.24, 2.45) is 5.10 Å². The smallest absolute Gasteiger partial charge is 0.205 e. The van der Waals surface area contributed by atoms with Crippen molar-refractivity contribution < 1.29 is 4.74 Å². The van der Waals surface area contributed by atoms with Gasteiger partial charge in [0, 0.05) is 19.0 Å². The quantitative estimate of drug-likeness (QED) is 0.593. The number of para-hydroxylation sites is 1. The van der Waals surface area contributed by atoms with E-state index in [9.17, 15) is 0 Å². The van der Waals surface area contributed by atoms with Gasteiger partial charge in [0.05, 0.1) is 11.8 Å². The van der Waals surface area contributed by atoms with Crippen LogP contribution >= 0.6 is 23.2 Å². The number of nitrogens with one attached hydrogen (secondary N) is 1. The summed E-state index contributed by atoms with van der Waals surface area (Å²) in [6.07, 6.45) is 9.06. The van der Waals surface area contributed by atoms with Crippen molar-refractivity contribution in [2.45, 2.75) is 23.9 Å². The SMILES string of the molecule is Clc1ccc(C2CC(C3=CCC(Cl)(Oc4ccccc4)C=C3)=NN2)cn1. The number of alkyl halides is 1. The van der Waals surface area contributed by atoms with Crippen molar-refractivity contribution >= 4 is 28.9 Å². The summed E-state index contributed by atoms with van der Waals surface area (Å²) in [7, 11) is 0. The number of benzene rings is 1. The summed E-state index contributed by atoms with van der Waals surface area (Å²) >= 11 is 12.4. The Hall–Kier alpha value is -2.30. The van der Waals surface area contributed by atoms with Gasteiger partial charge in [0.15, 0.2) is 0 Å². The third kappa shape index (κ3) is 3.76. The lowest BCUT2D eigenvalue weighted by atomic mass is 9.95. The highest BCUT2D eigenvalue weighted by molar-refractivity contribution is 6.29. The van der Waals surface area contributed by atoms with Crippen molar-refractivity contribution in [2.75, 3.05) is 0 Å². The molecule has 0 saturated heterocycles. The van der Waals surface area contributed by atoms with Crippen LogP contribution in [0.5, 0.6) is 5.75 Å². The highest BCUT2D eigenvalue weighted by Crippen LogP contribution is 2.33. The van der Waals surface area contributed by atoms with Gasteiger partial charge < -0.3 is 10.2 Å². The van der Waals surface area contributed by atoms with Crippen LogP contribution in [0.15, 0.2) is 77.6 Å². The largest absolute Gasteiger partial charge is 0.468 e. The highest BCUT2D eigenvalue weighted by Gasteiger charge is 2.30. The minimum atomic E-state index is -0.864. The Labute approximate surface area is 162 Å². The zero-order valence-corrected chi connectivity index (χ0v) is 15.4. The van der Waals surface area contributed by atoms with Gasteiger partial charge in [0.2, 0.25) is 5.06 Å². The number of hydrogen-bond donors (Lipinski definition) is 1. The summed E-state index contributed by atoms with van der Waals surface area (Å²) < 4.78 is 5.91. The lowest BCUT2D eigenvalue weighted by Gasteiger charge is -2.26. The maximum absolute atomic E-state index is 6.59. The Morgan fingerprint density at radius 2 is 2.00 bits per heavy atom. The molecular weight excluding hydrogens is 369 g/mol. The highest BCUT2D eigenvalue weighted by atomic mass is 35.5. The van der Waals surface area contributed by atoms with E-state index in [-0.39, 0.29) is 6.04 Å². The molecule has 132 valence electrons. The molecule has 26 heavy (non-hydrogen) atoms. The molecule has 2 heterocycles. The topological polar surface area (TPSA) is 46.5 Å². The second kappa shape index (κ2) is 7.14. The van der Waals surface area contributed by atoms with Gasteiger partial charge in [-0.2, -0.15) is 5.10 Å². The molecule has 1 aliphatic carbocycles. The second-order valence-electron chi connectivity index (χ2n) is 6.26. The summed E-state index contributed by atoms with van der Waals surface area (Å²) in [4.78, 5) is 4.13. The Balaban J connectivity index is 1.40. The predicted molar refractivity (Wildman–Crippen MR) is 105 cm³/mol. The number of aromatic nitrogens is 1. The molecule has 1 N–H and O–H groups in total. The van der Waals surface area contributed by atoms with Crippen molar-refractivity contribution in [3.05, 3.63) is 83.2 Å². The third-order valence-electron chi connectivity index (χ3n) is 4.38. The number of ether oxygens (including phenoxy) is 1. The Bertz CT molecular complexity index is 878. The van der Waals surface area contributed by atoms with Gasteiger partial charge in [0.25, 0.3) is 0 Å². The first-order valence-electron chi connectivity index (χ1n) is 8.38. The average molecular weight is 386 g/mol. The number of rotatable bonds is 4. The number of halogens is 2. The van der Waals surface area contributed by atoms with Crippen LogP contribution in [0, 0.1) is 0 Å². The zero-order chi connectivity index (χ0) is 18.0. The lowest BCUT2D eigenvalue weighted by Crippen LogP contribution is -2.28. The van der Waals surface area contributed by atoms with Crippen LogP contribution in [-0.4, -0.2) is 15.8 Å². The molecule has 2 aromatic rings. The molecule has 0 saturated carbocycles. The summed E-state index contributed by atoms with van der Waals surface area (Å²) in [5.41, 5.74) is 6.29. The fourth-order valence-corrected chi connectivity index (χ4v) is 3.32. The minimum Gasteiger partial charge on any atom is -0.468 e. The fraction of sp³-hybridized carbons (Fsp3) is 0.200. The molecule has 2 unspecified atom stereocenters. The van der Waals surface area contributed by atoms with Gasteiger partial charge in [0.1, 0.15) is 10.9 Å². The van der Waals surface area contributed by atoms with Crippen molar-refractivity contribution in [1.29, 1.82) is 0 Å². The fourth-order valence-electron chi connectivity index (χ4n) is 2.98. The number of hydrogen-bond acceptors (Lipinski definition) is 4. The second-order valence-corrected chi connectivity index (χ2v) is 7.28. The van der Waals surface area contributed by atoms with Crippen LogP contribution in [0.25, 0.3) is 0 Å². The molecule has 0 radical (unpaired) electrons. The molecule has 0 amide bonds. The van der Waals surface area contributed by atoms with Crippen molar-refractivity contribution in [3.63, 3.8) is 0 Å². The molecule has 2 atom stereocenters. The van der Waals surface area contributed by atoms with Crippen LogP contribution in [0.1, 0.15) is 24.4 Å². The normalized spacial score (nSPS) is 24.6. The molecule has 0 spiro atoms. The first-order valence-corrected chi connectivity index (χ1v) is 9.13. The molecule has 1 aromatic heterocycles. The molecular formula is C20H17Cl2N3O. The van der Waals surface area contributed by atoms with E-state index in [0.29, 0.717) is 11.6 Å². The van der Waals surface area contributed by atoms with Gasteiger partial charge in [-0.3, -0.25) is 0 Å². The monoisotopic (exact) mass is 385 g/mol. The molecule has 6 heteroatoms. The maximum atomic E-state index is 6.59. The summed E-state index contributed by atoms with van der Waals surface area (Å²) in [6.45, 7) is 0. The van der Waals surface area contributed by atoms with Crippen molar-refractivity contribution in [3.8, 4) is 5.75 Å². The van der Waals surface area contributed by atoms with Crippen LogP contribution < -0.4 is 10.2 Å². The maximum Gasteiger partial charge on any atom is 0.205 e. The van der Waals surface area contributed by atoms with Gasteiger partial charge in [-0.25, -0.2) is 4.98 Å². The molecule has 1 aromatic carbocycles. The Morgan fingerprint density at radius 1 is 1.15 bits per heavy atom. The Kier molecular flexibility index (Phi) is 4.70. The Morgan fingerprint density at radius 3 is 2.69 bits per heavy atom. The van der Waals surface area contributed by atoms with Crippen molar-refractivity contribution in [1.82, 2.24) is 10.4 Å². The third-order valence-corrected chi connectivity index (χ3v) is 4.96. The molecule has 4 nitrogen and oxygen atoms in total. The molecule has 2 aliphatic rings. The van der Waals surface area contributed by atoms with E-state index in [1.165, 1.54) is 0 Å². The van der Waals surface area contributed by atoms with Crippen LogP contribution in [0.4, 0.5) is 0 Å². The van der Waals surface area contributed by atoms with E-state index in [4.69, 9.17) is 27.9 Å². The van der Waals surface area contributed by atoms with Crippen LogP contribution in [0.3, 0.4) is 0 Å². The first kappa shape index (κ1) is 17.1. The lowest BCUT2D eigenvalue weighted by molar-refractivity contribution is 0.209. The van der Waals surface area contributed by atoms with E-state index in [1.54, 1.807) is 12.3 Å².